The Labute approximate surface area is 756 Å². The molecule has 131 heavy (non-hydrogen) atoms. The number of rotatable bonds is 51. The predicted molar refractivity (Wildman–Crippen MR) is 453 cm³/mol. The zero-order valence-electron chi connectivity index (χ0n) is 77.5. The lowest BCUT2D eigenvalue weighted by molar-refractivity contribution is -0.151. The van der Waals surface area contributed by atoms with E-state index < -0.39 is 265 Å². The topological polar surface area (TPSA) is 656 Å². The van der Waals surface area contributed by atoms with E-state index in [9.17, 15) is 101 Å². The molecule has 2 rings (SSSR count). The average molecular weight is 1860 g/mol. The molecule has 0 saturated carbocycles. The third-order valence-corrected chi connectivity index (χ3v) is 17.6. The van der Waals surface area contributed by atoms with Crippen molar-refractivity contribution in [2.45, 2.75) is 269 Å². The number of nitrogens with zero attached hydrogens (tertiary/aromatic N) is 3. The Bertz CT molecular complexity index is 4160. The van der Waals surface area contributed by atoms with Crippen molar-refractivity contribution in [1.82, 2.24) is 84.1 Å². The van der Waals surface area contributed by atoms with E-state index in [4.69, 9.17) is 37.9 Å². The summed E-state index contributed by atoms with van der Waals surface area (Å²) in [5, 5.41) is 40.2. The Morgan fingerprint density at radius 2 is 0.611 bits per heavy atom. The highest BCUT2D eigenvalue weighted by Gasteiger charge is 2.38. The third kappa shape index (κ3) is 46.8. The number of alkyl carbamates (subject to hydrolysis) is 4. The molecule has 732 valence electrons. The molecule has 0 bridgehead atoms. The van der Waals surface area contributed by atoms with E-state index in [0.29, 0.717) is 12.8 Å². The monoisotopic (exact) mass is 1860 g/mol. The Morgan fingerprint density at radius 1 is 0.313 bits per heavy atom. The SMILES string of the molecule is COC(=O)C[C@H](NC(=O)C[C@H](NC(=O)c1cc(Cn2cc(CNC(=O)[C@H](CCCCNC(=O)[C@H](CCCCNC(=O)OC(C)(C)C)NC(=O)OC(C)(C)C)NC(=O)[C@H](CCCCNC(=O)OC(C)(C)C)NC(=O)OC(C)(C)C)nn2)cc(C(=O)N[C@@H](CC(=O)N[C@@H](CC(=O)OC)C(=O)OC)C(=O)N[C@@H](CC(=O)OC)C(=O)OC)c1)C(=O)N[C@@H](CC(=O)OC)C(=O)OC)C(=O)OC. The highest BCUT2D eigenvalue weighted by Crippen LogP contribution is 2.19. The summed E-state index contributed by atoms with van der Waals surface area (Å²) in [5.74, 6) is -19.4. The van der Waals surface area contributed by atoms with Gasteiger partial charge in [-0.15, -0.1) is 5.10 Å². The van der Waals surface area contributed by atoms with E-state index in [0.717, 1.165) is 79.8 Å². The number of hydrogen-bond acceptors (Lipinski definition) is 35. The fourth-order valence-electron chi connectivity index (χ4n) is 11.4. The molecule has 0 spiro atoms. The smallest absolute Gasteiger partial charge is 0.408 e. The molecule has 0 unspecified atom stereocenters. The molecular formula is C82H126N16O33. The summed E-state index contributed by atoms with van der Waals surface area (Å²) >= 11 is 0. The molecule has 0 fully saturated rings. The number of methoxy groups -OCH3 is 8. The number of aromatic nitrogens is 3. The van der Waals surface area contributed by atoms with Crippen molar-refractivity contribution in [2.24, 2.45) is 0 Å². The molecule has 0 aliphatic heterocycles. The van der Waals surface area contributed by atoms with Gasteiger partial charge in [0.1, 0.15) is 82.5 Å². The summed E-state index contributed by atoms with van der Waals surface area (Å²) in [4.78, 5) is 283. The number of unbranched alkanes of at least 4 members (excludes halogenated alkanes) is 3. The summed E-state index contributed by atoms with van der Waals surface area (Å²) in [7, 11) is 7.44. The number of amides is 13. The molecule has 1 aromatic heterocycles. The van der Waals surface area contributed by atoms with Gasteiger partial charge >= 0.3 is 72.1 Å². The standard InChI is InChI=1S/C82H126N16O33/c1-79(2,3)128-75(116)84-31-25-22-28-50(94-77(118)130-81(7,8)9)66(107)83-30-24-21-27-49(89-68(109)51(95-78(119)131-82(10,11)12)29-23-26-32-85-76(117)129-80(4,5)6)67(108)86-42-48-44-98(97-96-48)43-45-33-46(64(105)90-52(69(110)92-56(73(114)126-19)40-62(103)122-15)36-58(99)87-54(71(112)124-17)38-60(101)120-13)35-47(34-45)65(106)91-53(70(111)93-57(74(115)127-20)41-63(104)123-16)37-59(100)88-55(72(113)125-18)39-61(102)121-14/h33-35,44,49-57H,21-32,36-43H2,1-20H3,(H,83,107)(H,84,116)(H,85,117)(H,86,108)(H,87,99)(H,88,100)(H,89,109)(H,90,105)(H,91,106)(H,92,110)(H,93,111)(H,94,118)(H,95,119)/t49-,50-,51-,52-,53-,54-,55-,56-,57-/m0/s1. The van der Waals surface area contributed by atoms with Crippen molar-refractivity contribution in [3.05, 3.63) is 46.8 Å². The Hall–Kier alpha value is -13.6. The van der Waals surface area contributed by atoms with Crippen LogP contribution in [0.25, 0.3) is 0 Å². The van der Waals surface area contributed by atoms with Crippen molar-refractivity contribution in [3.8, 4) is 0 Å². The van der Waals surface area contributed by atoms with E-state index in [-0.39, 0.29) is 75.8 Å². The van der Waals surface area contributed by atoms with E-state index in [1.807, 2.05) is 0 Å². The number of esters is 8. The maximum atomic E-state index is 15.0. The molecule has 0 aliphatic rings. The first-order valence-corrected chi connectivity index (χ1v) is 41.4. The van der Waals surface area contributed by atoms with Crippen LogP contribution in [0.15, 0.2) is 24.4 Å². The number of benzene rings is 1. The van der Waals surface area contributed by atoms with Gasteiger partial charge < -0.3 is 126 Å². The minimum absolute atomic E-state index is 0.0208. The van der Waals surface area contributed by atoms with Crippen LogP contribution in [0.4, 0.5) is 19.2 Å². The summed E-state index contributed by atoms with van der Waals surface area (Å²) in [6, 6.07) is -12.6. The van der Waals surface area contributed by atoms with Gasteiger partial charge in [-0.1, -0.05) is 5.21 Å². The number of carbonyl (C=O) groups excluding carboxylic acids is 21. The van der Waals surface area contributed by atoms with Crippen LogP contribution in [-0.2, 0) is 142 Å². The lowest BCUT2D eigenvalue weighted by Crippen LogP contribution is -2.54. The molecule has 2 aromatic rings. The van der Waals surface area contributed by atoms with Crippen LogP contribution in [-0.4, -0.2) is 294 Å². The number of hydrogen-bond donors (Lipinski definition) is 13. The molecule has 13 amide bonds. The minimum Gasteiger partial charge on any atom is -0.469 e. The maximum Gasteiger partial charge on any atom is 0.408 e. The first kappa shape index (κ1) is 113. The largest absolute Gasteiger partial charge is 0.469 e. The van der Waals surface area contributed by atoms with Crippen LogP contribution in [0, 0.1) is 0 Å². The van der Waals surface area contributed by atoms with Gasteiger partial charge in [-0.25, -0.2) is 43.0 Å². The third-order valence-electron chi connectivity index (χ3n) is 17.6. The minimum atomic E-state index is -2.17. The van der Waals surface area contributed by atoms with Crippen LogP contribution in [0.5, 0.6) is 0 Å². The van der Waals surface area contributed by atoms with Gasteiger partial charge in [-0.05, 0) is 165 Å². The molecular weight excluding hydrogens is 1740 g/mol. The van der Waals surface area contributed by atoms with Gasteiger partial charge in [0.15, 0.2) is 0 Å². The zero-order chi connectivity index (χ0) is 99.3. The van der Waals surface area contributed by atoms with Crippen LogP contribution in [0.1, 0.15) is 211 Å². The number of nitrogens with one attached hydrogen (secondary N) is 13. The summed E-state index contributed by atoms with van der Waals surface area (Å²) < 4.78 is 60.2. The second-order valence-electron chi connectivity index (χ2n) is 33.2. The van der Waals surface area contributed by atoms with Crippen LogP contribution in [0.3, 0.4) is 0 Å². The molecule has 1 aromatic carbocycles. The van der Waals surface area contributed by atoms with E-state index in [2.05, 4.69) is 98.4 Å². The molecule has 0 radical (unpaired) electrons. The average Bonchev–Trinajstić information content (AvgIpc) is 1.65. The fraction of sp³-hybridized carbons (Fsp3) is 0.646. The van der Waals surface area contributed by atoms with Gasteiger partial charge in [-0.2, -0.15) is 0 Å². The molecule has 0 saturated heterocycles. The number of ether oxygens (including phenoxy) is 12. The number of carbonyl (C=O) groups is 21. The lowest BCUT2D eigenvalue weighted by Gasteiger charge is -2.25. The summed E-state index contributed by atoms with van der Waals surface area (Å²) in [5.41, 5.74) is -4.92. The zero-order valence-corrected chi connectivity index (χ0v) is 77.5. The van der Waals surface area contributed by atoms with Crippen molar-refractivity contribution < 1.29 is 158 Å². The van der Waals surface area contributed by atoms with E-state index in [1.165, 1.54) is 6.20 Å². The Morgan fingerprint density at radius 3 is 0.947 bits per heavy atom. The first-order valence-electron chi connectivity index (χ1n) is 41.4. The van der Waals surface area contributed by atoms with Gasteiger partial charge in [0.2, 0.25) is 41.4 Å². The quantitative estimate of drug-likeness (QED) is 0.0231. The van der Waals surface area contributed by atoms with Crippen LogP contribution >= 0.6 is 0 Å². The van der Waals surface area contributed by atoms with Crippen molar-refractivity contribution in [1.29, 1.82) is 0 Å². The highest BCUT2D eigenvalue weighted by atomic mass is 16.6. The van der Waals surface area contributed by atoms with Gasteiger partial charge in [0, 0.05) is 30.8 Å². The highest BCUT2D eigenvalue weighted by molar-refractivity contribution is 6.05. The van der Waals surface area contributed by atoms with Gasteiger partial charge in [-0.3, -0.25) is 62.3 Å². The molecule has 49 nitrogen and oxygen atoms in total. The lowest BCUT2D eigenvalue weighted by atomic mass is 10.0. The van der Waals surface area contributed by atoms with Crippen LogP contribution < -0.4 is 69.1 Å². The van der Waals surface area contributed by atoms with Crippen molar-refractivity contribution in [2.75, 3.05) is 76.5 Å². The molecule has 1 heterocycles. The second-order valence-corrected chi connectivity index (χ2v) is 33.2. The molecule has 49 heteroatoms. The van der Waals surface area contributed by atoms with Crippen molar-refractivity contribution in [3.63, 3.8) is 0 Å². The van der Waals surface area contributed by atoms with Crippen LogP contribution in [0.2, 0.25) is 0 Å². The first-order chi connectivity index (χ1) is 61.2. The maximum absolute atomic E-state index is 15.0. The Kier molecular flexibility index (Phi) is 48.5. The summed E-state index contributed by atoms with van der Waals surface area (Å²) in [6.07, 6.45) is -6.38. The summed E-state index contributed by atoms with van der Waals surface area (Å²) in [6.45, 7) is 19.0. The second kappa shape index (κ2) is 56.0. The normalized spacial score (nSPS) is 13.3. The molecule has 13 N–H and O–H groups in total. The molecule has 9 atom stereocenters. The predicted octanol–water partition coefficient (Wildman–Crippen LogP) is -0.249. The van der Waals surface area contributed by atoms with E-state index in [1.54, 1.807) is 83.1 Å². The fourth-order valence-corrected chi connectivity index (χ4v) is 11.4. The van der Waals surface area contributed by atoms with Gasteiger partial charge in [0.25, 0.3) is 11.8 Å². The van der Waals surface area contributed by atoms with E-state index >= 15 is 0 Å². The Balaban J connectivity index is 2.99. The van der Waals surface area contributed by atoms with Gasteiger partial charge in [0.05, 0.1) is 115 Å². The van der Waals surface area contributed by atoms with Crippen molar-refractivity contribution >= 4 is 125 Å². The molecule has 0 aliphatic carbocycles.